The average Bonchev–Trinajstić information content (AvgIpc) is 3.38. The fourth-order valence-corrected chi connectivity index (χ4v) is 4.38. The molecule has 2 atom stereocenters. The second-order valence-corrected chi connectivity index (χ2v) is 9.16. The van der Waals surface area contributed by atoms with Gasteiger partial charge in [-0.1, -0.05) is 41.4 Å². The van der Waals surface area contributed by atoms with Crippen molar-refractivity contribution in [2.45, 2.75) is 31.9 Å². The van der Waals surface area contributed by atoms with E-state index in [-0.39, 0.29) is 6.10 Å². The maximum absolute atomic E-state index is 6.53. The number of hydrogen-bond acceptors (Lipinski definition) is 5. The fourth-order valence-electron chi connectivity index (χ4n) is 3.91. The van der Waals surface area contributed by atoms with Gasteiger partial charge in [0.15, 0.2) is 0 Å². The van der Waals surface area contributed by atoms with Gasteiger partial charge in [-0.3, -0.25) is 0 Å². The van der Waals surface area contributed by atoms with Crippen molar-refractivity contribution in [1.29, 1.82) is 0 Å². The SMILES string of the molecule is Cc1cc(CN(C)C)cc(Cl)c1OCC1COC(Cn2ccnc2)(c2ccc(Cl)cc2)O1. The summed E-state index contributed by atoms with van der Waals surface area (Å²) >= 11 is 12.6. The molecule has 2 aromatic carbocycles. The summed E-state index contributed by atoms with van der Waals surface area (Å²) in [4.78, 5) is 6.23. The molecule has 1 aliphatic rings. The Balaban J connectivity index is 1.49. The lowest BCUT2D eigenvalue weighted by atomic mass is 10.1. The van der Waals surface area contributed by atoms with Gasteiger partial charge >= 0.3 is 0 Å². The smallest absolute Gasteiger partial charge is 0.214 e. The quantitative estimate of drug-likeness (QED) is 0.463. The van der Waals surface area contributed by atoms with Crippen LogP contribution in [0.3, 0.4) is 0 Å². The zero-order valence-corrected chi connectivity index (χ0v) is 19.9. The maximum atomic E-state index is 6.53. The first kappa shape index (κ1) is 23.1. The Morgan fingerprint density at radius 2 is 2.00 bits per heavy atom. The molecular weight excluding hydrogens is 449 g/mol. The summed E-state index contributed by atoms with van der Waals surface area (Å²) in [6.45, 7) is 4.01. The average molecular weight is 476 g/mol. The predicted octanol–water partition coefficient (Wildman–Crippen LogP) is 4.91. The Bertz CT molecular complexity index is 1020. The fraction of sp³-hybridized carbons (Fsp3) is 0.375. The van der Waals surface area contributed by atoms with E-state index in [2.05, 4.69) is 16.0 Å². The molecule has 0 spiro atoms. The molecule has 2 unspecified atom stereocenters. The summed E-state index contributed by atoms with van der Waals surface area (Å²) in [6.07, 6.45) is 5.10. The number of nitrogens with zero attached hydrogens (tertiary/aromatic N) is 3. The van der Waals surface area contributed by atoms with E-state index in [0.717, 1.165) is 23.2 Å². The molecule has 8 heteroatoms. The molecule has 32 heavy (non-hydrogen) atoms. The summed E-state index contributed by atoms with van der Waals surface area (Å²) < 4.78 is 20.7. The van der Waals surface area contributed by atoms with Gasteiger partial charge < -0.3 is 23.7 Å². The van der Waals surface area contributed by atoms with Gasteiger partial charge in [-0.05, 0) is 50.3 Å². The van der Waals surface area contributed by atoms with E-state index in [1.54, 1.807) is 12.5 Å². The second kappa shape index (κ2) is 9.81. The molecule has 0 aliphatic carbocycles. The number of benzene rings is 2. The third-order valence-electron chi connectivity index (χ3n) is 5.29. The van der Waals surface area contributed by atoms with Gasteiger partial charge in [0, 0.05) is 29.5 Å². The van der Waals surface area contributed by atoms with E-state index in [1.807, 2.05) is 62.1 Å². The predicted molar refractivity (Wildman–Crippen MR) is 125 cm³/mol. The van der Waals surface area contributed by atoms with Gasteiger partial charge in [0.1, 0.15) is 18.5 Å². The van der Waals surface area contributed by atoms with Crippen LogP contribution >= 0.6 is 23.2 Å². The third kappa shape index (κ3) is 5.27. The highest BCUT2D eigenvalue weighted by atomic mass is 35.5. The first-order chi connectivity index (χ1) is 15.3. The van der Waals surface area contributed by atoms with Crippen molar-refractivity contribution >= 4 is 23.2 Å². The first-order valence-electron chi connectivity index (χ1n) is 10.4. The Hall–Kier alpha value is -2.09. The molecule has 6 nitrogen and oxygen atoms in total. The van der Waals surface area contributed by atoms with Crippen molar-refractivity contribution in [1.82, 2.24) is 14.5 Å². The van der Waals surface area contributed by atoms with Crippen molar-refractivity contribution < 1.29 is 14.2 Å². The van der Waals surface area contributed by atoms with Gasteiger partial charge in [-0.15, -0.1) is 0 Å². The van der Waals surface area contributed by atoms with E-state index in [0.29, 0.717) is 35.6 Å². The Morgan fingerprint density at radius 1 is 1.22 bits per heavy atom. The van der Waals surface area contributed by atoms with Crippen LogP contribution in [0.15, 0.2) is 55.1 Å². The van der Waals surface area contributed by atoms with Crippen LogP contribution in [-0.2, 0) is 28.4 Å². The molecular formula is C24H27Cl2N3O3. The Kier molecular flexibility index (Phi) is 7.08. The summed E-state index contributed by atoms with van der Waals surface area (Å²) in [7, 11) is 4.06. The molecule has 0 saturated carbocycles. The first-order valence-corrected chi connectivity index (χ1v) is 11.2. The van der Waals surface area contributed by atoms with Crippen molar-refractivity contribution in [3.8, 4) is 5.75 Å². The van der Waals surface area contributed by atoms with Crippen LogP contribution in [0.4, 0.5) is 0 Å². The molecule has 1 saturated heterocycles. The Morgan fingerprint density at radius 3 is 2.66 bits per heavy atom. The standard InChI is InChI=1S/C24H27Cl2N3O3/c1-17-10-18(12-28(2)3)11-22(26)23(17)30-13-21-14-31-24(32-21,15-29-9-8-27-16-29)19-4-6-20(25)7-5-19/h4-11,16,21H,12-15H2,1-3H3. The van der Waals surface area contributed by atoms with E-state index < -0.39 is 5.79 Å². The van der Waals surface area contributed by atoms with E-state index >= 15 is 0 Å². The van der Waals surface area contributed by atoms with Crippen molar-refractivity contribution in [2.24, 2.45) is 0 Å². The topological polar surface area (TPSA) is 48.8 Å². The molecule has 4 rings (SSSR count). The minimum absolute atomic E-state index is 0.258. The van der Waals surface area contributed by atoms with Crippen LogP contribution < -0.4 is 4.74 Å². The van der Waals surface area contributed by atoms with Crippen LogP contribution in [0.2, 0.25) is 10.0 Å². The number of halogens is 2. The van der Waals surface area contributed by atoms with E-state index in [9.17, 15) is 0 Å². The van der Waals surface area contributed by atoms with Gasteiger partial charge in [-0.25, -0.2) is 4.98 Å². The minimum Gasteiger partial charge on any atom is -0.489 e. The van der Waals surface area contributed by atoms with Crippen LogP contribution in [0, 0.1) is 6.92 Å². The van der Waals surface area contributed by atoms with Crippen LogP contribution in [-0.4, -0.2) is 47.9 Å². The van der Waals surface area contributed by atoms with E-state index in [4.69, 9.17) is 37.4 Å². The highest BCUT2D eigenvalue weighted by Crippen LogP contribution is 2.37. The monoisotopic (exact) mass is 475 g/mol. The number of rotatable bonds is 8. The third-order valence-corrected chi connectivity index (χ3v) is 5.83. The molecule has 0 N–H and O–H groups in total. The lowest BCUT2D eigenvalue weighted by Crippen LogP contribution is -2.34. The number of imidazole rings is 1. The zero-order chi connectivity index (χ0) is 22.7. The number of aryl methyl sites for hydroxylation is 1. The molecule has 170 valence electrons. The summed E-state index contributed by atoms with van der Waals surface area (Å²) in [6, 6.07) is 11.6. The van der Waals surface area contributed by atoms with Gasteiger partial charge in [0.05, 0.1) is 24.5 Å². The lowest BCUT2D eigenvalue weighted by Gasteiger charge is -2.29. The van der Waals surface area contributed by atoms with Gasteiger partial charge in [-0.2, -0.15) is 0 Å². The number of ether oxygens (including phenoxy) is 3. The minimum atomic E-state index is -0.951. The summed E-state index contributed by atoms with van der Waals surface area (Å²) in [5.74, 6) is -0.273. The van der Waals surface area contributed by atoms with E-state index in [1.165, 1.54) is 0 Å². The van der Waals surface area contributed by atoms with Crippen LogP contribution in [0.5, 0.6) is 5.75 Å². The largest absolute Gasteiger partial charge is 0.489 e. The second-order valence-electron chi connectivity index (χ2n) is 8.32. The maximum Gasteiger partial charge on any atom is 0.214 e. The van der Waals surface area contributed by atoms with Gasteiger partial charge in [0.25, 0.3) is 0 Å². The molecule has 1 fully saturated rings. The number of aromatic nitrogens is 2. The van der Waals surface area contributed by atoms with Crippen LogP contribution in [0.25, 0.3) is 0 Å². The Labute approximate surface area is 198 Å². The van der Waals surface area contributed by atoms with Gasteiger partial charge in [0.2, 0.25) is 5.79 Å². The molecule has 1 aromatic heterocycles. The molecule has 0 radical (unpaired) electrons. The molecule has 2 heterocycles. The van der Waals surface area contributed by atoms with Crippen molar-refractivity contribution in [3.63, 3.8) is 0 Å². The molecule has 3 aromatic rings. The van der Waals surface area contributed by atoms with Crippen LogP contribution in [0.1, 0.15) is 16.7 Å². The zero-order valence-electron chi connectivity index (χ0n) is 18.4. The van der Waals surface area contributed by atoms with Crippen molar-refractivity contribution in [2.75, 3.05) is 27.3 Å². The molecule has 0 bridgehead atoms. The summed E-state index contributed by atoms with van der Waals surface area (Å²) in [5, 5.41) is 1.26. The highest BCUT2D eigenvalue weighted by molar-refractivity contribution is 6.32. The highest BCUT2D eigenvalue weighted by Gasteiger charge is 2.44. The lowest BCUT2D eigenvalue weighted by molar-refractivity contribution is -0.189. The molecule has 1 aliphatic heterocycles. The summed E-state index contributed by atoms with van der Waals surface area (Å²) in [5.41, 5.74) is 3.03. The van der Waals surface area contributed by atoms with Crippen molar-refractivity contribution in [3.05, 3.63) is 81.9 Å². The number of hydrogen-bond donors (Lipinski definition) is 0. The molecule has 0 amide bonds. The normalized spacial score (nSPS) is 20.8.